The molecular formula is C7H5BrFN. The van der Waals surface area contributed by atoms with Crippen molar-refractivity contribution in [2.24, 2.45) is 0 Å². The molecule has 1 rings (SSSR count). The maximum Gasteiger partial charge on any atom is 0.212 e. The van der Waals surface area contributed by atoms with Crippen LogP contribution in [-0.4, -0.2) is 5.97 Å². The highest BCUT2D eigenvalue weighted by Crippen LogP contribution is 2.11. The summed E-state index contributed by atoms with van der Waals surface area (Å²) >= 11 is 3.17. The molecule has 0 saturated heterocycles. The molecule has 0 saturated carbocycles. The highest BCUT2D eigenvalue weighted by atomic mass is 79.9. The van der Waals surface area contributed by atoms with Gasteiger partial charge in [0.15, 0.2) is 0 Å². The molecule has 3 heteroatoms. The van der Waals surface area contributed by atoms with Crippen molar-refractivity contribution in [2.75, 3.05) is 0 Å². The van der Waals surface area contributed by atoms with Crippen molar-refractivity contribution >= 4 is 21.9 Å². The van der Waals surface area contributed by atoms with Crippen LogP contribution in [0, 0.1) is 5.41 Å². The molecule has 1 aromatic carbocycles. The number of nitrogens with one attached hydrogen (secondary N) is 1. The Morgan fingerprint density at radius 3 is 2.60 bits per heavy atom. The summed E-state index contributed by atoms with van der Waals surface area (Å²) in [5, 5.41) is 6.64. The Morgan fingerprint density at radius 2 is 2.20 bits per heavy atom. The van der Waals surface area contributed by atoms with Crippen LogP contribution in [0.15, 0.2) is 28.7 Å². The Hall–Kier alpha value is -0.700. The van der Waals surface area contributed by atoms with Gasteiger partial charge in [-0.1, -0.05) is 28.1 Å². The minimum absolute atomic E-state index is 0.300. The zero-order valence-electron chi connectivity index (χ0n) is 5.07. The molecule has 0 unspecified atom stereocenters. The van der Waals surface area contributed by atoms with E-state index in [1.165, 1.54) is 0 Å². The summed E-state index contributed by atoms with van der Waals surface area (Å²) in [6.07, 6.45) is 0. The minimum atomic E-state index is -0.902. The Morgan fingerprint density at radius 1 is 1.50 bits per heavy atom. The lowest BCUT2D eigenvalue weighted by atomic mass is 10.2. The summed E-state index contributed by atoms with van der Waals surface area (Å²) in [6, 6.07) is 6.58. The normalized spacial score (nSPS) is 9.40. The van der Waals surface area contributed by atoms with Crippen molar-refractivity contribution in [3.05, 3.63) is 34.3 Å². The third kappa shape index (κ3) is 1.64. The Bertz CT molecular complexity index is 260. The molecule has 1 N–H and O–H groups in total. The van der Waals surface area contributed by atoms with Crippen molar-refractivity contribution in [2.45, 2.75) is 0 Å². The average molecular weight is 202 g/mol. The summed E-state index contributed by atoms with van der Waals surface area (Å²) < 4.78 is 13.0. The van der Waals surface area contributed by atoms with Crippen LogP contribution in [0.5, 0.6) is 0 Å². The van der Waals surface area contributed by atoms with Gasteiger partial charge in [0.25, 0.3) is 0 Å². The average Bonchev–Trinajstić information content (AvgIpc) is 1.88. The van der Waals surface area contributed by atoms with Crippen LogP contribution in [0.25, 0.3) is 0 Å². The molecule has 0 amide bonds. The van der Waals surface area contributed by atoms with Gasteiger partial charge < -0.3 is 0 Å². The SMILES string of the molecule is N=C(F)c1cccc(Br)c1. The van der Waals surface area contributed by atoms with Gasteiger partial charge in [-0.25, -0.2) is 0 Å². The molecule has 0 spiro atoms. The zero-order valence-corrected chi connectivity index (χ0v) is 6.65. The summed E-state index contributed by atoms with van der Waals surface area (Å²) in [5.74, 6) is -0.902. The van der Waals surface area contributed by atoms with Gasteiger partial charge in [-0.2, -0.15) is 4.39 Å². The smallest absolute Gasteiger partial charge is 0.212 e. The molecule has 0 bridgehead atoms. The van der Waals surface area contributed by atoms with E-state index in [-0.39, 0.29) is 0 Å². The van der Waals surface area contributed by atoms with E-state index in [1.54, 1.807) is 24.3 Å². The first-order chi connectivity index (χ1) is 4.70. The van der Waals surface area contributed by atoms with Gasteiger partial charge in [0.2, 0.25) is 5.97 Å². The summed E-state index contributed by atoms with van der Waals surface area (Å²) in [4.78, 5) is 0. The van der Waals surface area contributed by atoms with Crippen molar-refractivity contribution in [1.82, 2.24) is 0 Å². The van der Waals surface area contributed by atoms with E-state index in [2.05, 4.69) is 15.9 Å². The first kappa shape index (κ1) is 7.41. The molecule has 1 aromatic rings. The monoisotopic (exact) mass is 201 g/mol. The number of halogens is 2. The van der Waals surface area contributed by atoms with E-state index in [1.807, 2.05) is 0 Å². The fourth-order valence-corrected chi connectivity index (χ4v) is 1.02. The molecule has 0 aliphatic rings. The van der Waals surface area contributed by atoms with Gasteiger partial charge in [0.1, 0.15) is 0 Å². The number of hydrogen-bond acceptors (Lipinski definition) is 1. The van der Waals surface area contributed by atoms with Crippen molar-refractivity contribution in [3.63, 3.8) is 0 Å². The van der Waals surface area contributed by atoms with Crippen molar-refractivity contribution in [3.8, 4) is 0 Å². The lowest BCUT2D eigenvalue weighted by Crippen LogP contribution is -1.87. The first-order valence-corrected chi connectivity index (χ1v) is 3.49. The summed E-state index contributed by atoms with van der Waals surface area (Å²) in [5.41, 5.74) is 0.300. The van der Waals surface area contributed by atoms with E-state index in [0.29, 0.717) is 5.56 Å². The Kier molecular flexibility index (Phi) is 2.17. The molecule has 1 nitrogen and oxygen atoms in total. The van der Waals surface area contributed by atoms with Crippen molar-refractivity contribution in [1.29, 1.82) is 5.41 Å². The van der Waals surface area contributed by atoms with Gasteiger partial charge in [0, 0.05) is 10.0 Å². The van der Waals surface area contributed by atoms with Crippen LogP contribution < -0.4 is 0 Å². The van der Waals surface area contributed by atoms with Crippen LogP contribution in [0.2, 0.25) is 0 Å². The highest BCUT2D eigenvalue weighted by molar-refractivity contribution is 9.10. The van der Waals surface area contributed by atoms with Crippen LogP contribution in [0.4, 0.5) is 4.39 Å². The fourth-order valence-electron chi connectivity index (χ4n) is 0.625. The topological polar surface area (TPSA) is 23.9 Å². The third-order valence-corrected chi connectivity index (χ3v) is 1.57. The number of rotatable bonds is 1. The molecule has 0 atom stereocenters. The third-order valence-electron chi connectivity index (χ3n) is 1.08. The molecular weight excluding hydrogens is 197 g/mol. The first-order valence-electron chi connectivity index (χ1n) is 2.70. The fraction of sp³-hybridized carbons (Fsp3) is 0. The second kappa shape index (κ2) is 2.92. The lowest BCUT2D eigenvalue weighted by molar-refractivity contribution is 0.797. The van der Waals surface area contributed by atoms with E-state index < -0.39 is 5.97 Å². The second-order valence-corrected chi connectivity index (χ2v) is 2.74. The lowest BCUT2D eigenvalue weighted by Gasteiger charge is -1.93. The maximum atomic E-state index is 12.2. The minimum Gasteiger partial charge on any atom is -0.274 e. The molecule has 52 valence electrons. The van der Waals surface area contributed by atoms with Gasteiger partial charge >= 0.3 is 0 Å². The van der Waals surface area contributed by atoms with Gasteiger partial charge in [-0.15, -0.1) is 0 Å². The predicted octanol–water partition coefficient (Wildman–Crippen LogP) is 2.74. The number of hydrogen-bond donors (Lipinski definition) is 1. The van der Waals surface area contributed by atoms with Gasteiger partial charge in [0.05, 0.1) is 0 Å². The Balaban J connectivity index is 3.07. The zero-order chi connectivity index (χ0) is 7.56. The quantitative estimate of drug-likeness (QED) is 0.677. The molecule has 0 aliphatic carbocycles. The van der Waals surface area contributed by atoms with Crippen LogP contribution >= 0.6 is 15.9 Å². The molecule has 0 aliphatic heterocycles. The van der Waals surface area contributed by atoms with Gasteiger partial charge in [-0.05, 0) is 12.1 Å². The molecule has 0 fully saturated rings. The molecule has 0 aromatic heterocycles. The molecule has 10 heavy (non-hydrogen) atoms. The van der Waals surface area contributed by atoms with Gasteiger partial charge in [-0.3, -0.25) is 5.41 Å². The van der Waals surface area contributed by atoms with E-state index in [9.17, 15) is 4.39 Å². The standard InChI is InChI=1S/C7H5BrFN/c8-6-3-1-2-5(4-6)7(9)10/h1-4,10H. The largest absolute Gasteiger partial charge is 0.274 e. The van der Waals surface area contributed by atoms with Crippen LogP contribution in [-0.2, 0) is 0 Å². The molecule has 0 radical (unpaired) electrons. The number of benzene rings is 1. The molecule has 0 heterocycles. The maximum absolute atomic E-state index is 12.2. The van der Waals surface area contributed by atoms with E-state index >= 15 is 0 Å². The van der Waals surface area contributed by atoms with Crippen LogP contribution in [0.3, 0.4) is 0 Å². The van der Waals surface area contributed by atoms with E-state index in [4.69, 9.17) is 5.41 Å². The predicted molar refractivity (Wildman–Crippen MR) is 42.1 cm³/mol. The van der Waals surface area contributed by atoms with Crippen molar-refractivity contribution < 1.29 is 4.39 Å². The summed E-state index contributed by atoms with van der Waals surface area (Å²) in [6.45, 7) is 0. The second-order valence-electron chi connectivity index (χ2n) is 1.82. The van der Waals surface area contributed by atoms with Crippen LogP contribution in [0.1, 0.15) is 5.56 Å². The summed E-state index contributed by atoms with van der Waals surface area (Å²) in [7, 11) is 0. The Labute approximate surface area is 66.5 Å². The van der Waals surface area contributed by atoms with E-state index in [0.717, 1.165) is 4.47 Å². The highest BCUT2D eigenvalue weighted by Gasteiger charge is 1.97.